The third-order valence-electron chi connectivity index (χ3n) is 3.31. The van der Waals surface area contributed by atoms with Gasteiger partial charge < -0.3 is 9.67 Å². The maximum Gasteiger partial charge on any atom is 0.111 e. The Balaban J connectivity index is 1.89. The van der Waals surface area contributed by atoms with Gasteiger partial charge >= 0.3 is 0 Å². The van der Waals surface area contributed by atoms with Crippen LogP contribution in [0, 0.1) is 0 Å². The molecule has 4 nitrogen and oxygen atoms in total. The van der Waals surface area contributed by atoms with Crippen molar-refractivity contribution in [2.75, 3.05) is 0 Å². The van der Waals surface area contributed by atoms with Crippen molar-refractivity contribution in [2.24, 2.45) is 7.05 Å². The highest BCUT2D eigenvalue weighted by atomic mass is 16.3. The molecule has 0 fully saturated rings. The monoisotopic (exact) mass is 253 g/mol. The molecule has 1 unspecified atom stereocenters. The van der Waals surface area contributed by atoms with E-state index in [1.807, 2.05) is 48.1 Å². The summed E-state index contributed by atoms with van der Waals surface area (Å²) in [5, 5.41) is 11.3. The van der Waals surface area contributed by atoms with E-state index in [1.165, 1.54) is 0 Å². The smallest absolute Gasteiger partial charge is 0.111 e. The van der Waals surface area contributed by atoms with Gasteiger partial charge in [0.15, 0.2) is 0 Å². The summed E-state index contributed by atoms with van der Waals surface area (Å²) >= 11 is 0. The molecule has 1 atom stereocenters. The van der Waals surface area contributed by atoms with Crippen molar-refractivity contribution in [1.29, 1.82) is 0 Å². The molecule has 4 heteroatoms. The second-order valence-corrected chi connectivity index (χ2v) is 4.63. The molecule has 0 saturated carbocycles. The Hall–Kier alpha value is -2.20. The van der Waals surface area contributed by atoms with Crippen molar-refractivity contribution >= 4 is 10.9 Å². The van der Waals surface area contributed by atoms with Crippen LogP contribution >= 0.6 is 0 Å². The lowest BCUT2D eigenvalue weighted by molar-refractivity contribution is 0.175. The van der Waals surface area contributed by atoms with Gasteiger partial charge in [-0.1, -0.05) is 12.1 Å². The normalized spacial score (nSPS) is 12.7. The number of nitrogens with zero attached hydrogens (tertiary/aromatic N) is 3. The first kappa shape index (κ1) is 11.9. The van der Waals surface area contributed by atoms with Crippen LogP contribution in [-0.2, 0) is 13.5 Å². The van der Waals surface area contributed by atoms with E-state index in [0.29, 0.717) is 6.42 Å². The second kappa shape index (κ2) is 4.82. The number of aliphatic hydroxyl groups excluding tert-OH is 1. The van der Waals surface area contributed by atoms with E-state index in [4.69, 9.17) is 0 Å². The van der Waals surface area contributed by atoms with E-state index < -0.39 is 6.10 Å². The number of aromatic nitrogens is 3. The Labute approximate surface area is 111 Å². The SMILES string of the molecule is Cn1ccnc1CC(O)c1ccc2ncccc2c1. The van der Waals surface area contributed by atoms with Gasteiger partial charge in [0.25, 0.3) is 0 Å². The zero-order valence-corrected chi connectivity index (χ0v) is 10.7. The summed E-state index contributed by atoms with van der Waals surface area (Å²) in [7, 11) is 1.93. The third-order valence-corrected chi connectivity index (χ3v) is 3.31. The van der Waals surface area contributed by atoms with Gasteiger partial charge in [-0.2, -0.15) is 0 Å². The van der Waals surface area contributed by atoms with E-state index in [9.17, 15) is 5.11 Å². The number of benzene rings is 1. The number of hydrogen-bond donors (Lipinski definition) is 1. The van der Waals surface area contributed by atoms with Gasteiger partial charge in [0, 0.05) is 37.4 Å². The summed E-state index contributed by atoms with van der Waals surface area (Å²) in [4.78, 5) is 8.51. The summed E-state index contributed by atoms with van der Waals surface area (Å²) in [6, 6.07) is 9.74. The van der Waals surface area contributed by atoms with Gasteiger partial charge in [-0.25, -0.2) is 4.98 Å². The molecule has 1 N–H and O–H groups in total. The summed E-state index contributed by atoms with van der Waals surface area (Å²) in [6.45, 7) is 0. The van der Waals surface area contributed by atoms with E-state index >= 15 is 0 Å². The van der Waals surface area contributed by atoms with Crippen LogP contribution in [-0.4, -0.2) is 19.6 Å². The predicted molar refractivity (Wildman–Crippen MR) is 73.6 cm³/mol. The molecule has 2 heterocycles. The van der Waals surface area contributed by atoms with Gasteiger partial charge in [0.2, 0.25) is 0 Å². The van der Waals surface area contributed by atoms with Gasteiger partial charge in [-0.05, 0) is 23.8 Å². The Morgan fingerprint density at radius 2 is 2.11 bits per heavy atom. The van der Waals surface area contributed by atoms with E-state index in [0.717, 1.165) is 22.3 Å². The Morgan fingerprint density at radius 1 is 1.21 bits per heavy atom. The topological polar surface area (TPSA) is 50.9 Å². The average molecular weight is 253 g/mol. The highest BCUT2D eigenvalue weighted by Crippen LogP contribution is 2.21. The van der Waals surface area contributed by atoms with Crippen LogP contribution in [0.4, 0.5) is 0 Å². The first-order chi connectivity index (χ1) is 9.24. The Morgan fingerprint density at radius 3 is 2.89 bits per heavy atom. The zero-order chi connectivity index (χ0) is 13.2. The minimum absolute atomic E-state index is 0.509. The van der Waals surface area contributed by atoms with E-state index in [2.05, 4.69) is 9.97 Å². The largest absolute Gasteiger partial charge is 0.388 e. The minimum Gasteiger partial charge on any atom is -0.388 e. The number of hydrogen-bond acceptors (Lipinski definition) is 3. The van der Waals surface area contributed by atoms with Crippen molar-refractivity contribution in [1.82, 2.24) is 14.5 Å². The van der Waals surface area contributed by atoms with Gasteiger partial charge in [0.05, 0.1) is 11.6 Å². The third kappa shape index (κ3) is 2.35. The summed E-state index contributed by atoms with van der Waals surface area (Å²) < 4.78 is 1.92. The van der Waals surface area contributed by atoms with Crippen molar-refractivity contribution in [3.63, 3.8) is 0 Å². The maximum absolute atomic E-state index is 10.3. The van der Waals surface area contributed by atoms with Crippen molar-refractivity contribution in [2.45, 2.75) is 12.5 Å². The molecule has 0 saturated heterocycles. The average Bonchev–Trinajstić information content (AvgIpc) is 2.84. The van der Waals surface area contributed by atoms with E-state index in [-0.39, 0.29) is 0 Å². The van der Waals surface area contributed by atoms with Crippen molar-refractivity contribution in [3.8, 4) is 0 Å². The molecule has 19 heavy (non-hydrogen) atoms. The molecule has 3 aromatic rings. The van der Waals surface area contributed by atoms with Crippen LogP contribution in [0.15, 0.2) is 48.9 Å². The first-order valence-corrected chi connectivity index (χ1v) is 6.23. The molecule has 0 aliphatic rings. The highest BCUT2D eigenvalue weighted by molar-refractivity contribution is 5.79. The lowest BCUT2D eigenvalue weighted by Gasteiger charge is -2.11. The molecule has 96 valence electrons. The number of aryl methyl sites for hydroxylation is 1. The van der Waals surface area contributed by atoms with Gasteiger partial charge in [-0.15, -0.1) is 0 Å². The standard InChI is InChI=1S/C15H15N3O/c1-18-8-7-17-15(18)10-14(19)12-4-5-13-11(9-12)3-2-6-16-13/h2-9,14,19H,10H2,1H3. The Kier molecular flexibility index (Phi) is 3.01. The fourth-order valence-corrected chi connectivity index (χ4v) is 2.19. The molecule has 0 aliphatic carbocycles. The molecule has 0 bridgehead atoms. The van der Waals surface area contributed by atoms with Crippen molar-refractivity contribution < 1.29 is 5.11 Å². The molecular weight excluding hydrogens is 238 g/mol. The number of imidazole rings is 1. The number of aliphatic hydroxyl groups is 1. The maximum atomic E-state index is 10.3. The Bertz CT molecular complexity index is 705. The summed E-state index contributed by atoms with van der Waals surface area (Å²) in [5.74, 6) is 0.874. The predicted octanol–water partition coefficient (Wildman–Crippen LogP) is 2.24. The number of rotatable bonds is 3. The minimum atomic E-state index is -0.550. The second-order valence-electron chi connectivity index (χ2n) is 4.63. The van der Waals surface area contributed by atoms with Crippen LogP contribution in [0.3, 0.4) is 0 Å². The molecule has 0 aliphatic heterocycles. The van der Waals surface area contributed by atoms with Crippen LogP contribution in [0.25, 0.3) is 10.9 Å². The molecule has 0 amide bonds. The van der Waals surface area contributed by atoms with Crippen molar-refractivity contribution in [3.05, 3.63) is 60.3 Å². The van der Waals surface area contributed by atoms with Crippen LogP contribution < -0.4 is 0 Å². The molecule has 3 rings (SSSR count). The zero-order valence-electron chi connectivity index (χ0n) is 10.7. The fourth-order valence-electron chi connectivity index (χ4n) is 2.19. The molecule has 2 aromatic heterocycles. The van der Waals surface area contributed by atoms with Crippen LogP contribution in [0.2, 0.25) is 0 Å². The van der Waals surface area contributed by atoms with Gasteiger partial charge in [0.1, 0.15) is 5.82 Å². The number of pyridine rings is 1. The highest BCUT2D eigenvalue weighted by Gasteiger charge is 2.12. The summed E-state index contributed by atoms with van der Waals surface area (Å²) in [6.07, 6.45) is 5.35. The quantitative estimate of drug-likeness (QED) is 0.779. The molecule has 0 radical (unpaired) electrons. The first-order valence-electron chi connectivity index (χ1n) is 6.23. The number of fused-ring (bicyclic) bond motifs is 1. The summed E-state index contributed by atoms with van der Waals surface area (Å²) in [5.41, 5.74) is 1.83. The molecular formula is C15H15N3O. The van der Waals surface area contributed by atoms with E-state index in [1.54, 1.807) is 12.4 Å². The van der Waals surface area contributed by atoms with Crippen LogP contribution in [0.1, 0.15) is 17.5 Å². The molecule has 1 aromatic carbocycles. The lowest BCUT2D eigenvalue weighted by Crippen LogP contribution is -2.06. The molecule has 0 spiro atoms. The van der Waals surface area contributed by atoms with Crippen LogP contribution in [0.5, 0.6) is 0 Å². The fraction of sp³-hybridized carbons (Fsp3) is 0.200. The van der Waals surface area contributed by atoms with Gasteiger partial charge in [-0.3, -0.25) is 4.98 Å². The lowest BCUT2D eigenvalue weighted by atomic mass is 10.0.